The Morgan fingerprint density at radius 3 is 2.71 bits per heavy atom. The lowest BCUT2D eigenvalue weighted by Gasteiger charge is -2.22. The molecule has 1 saturated heterocycles. The molecule has 3 heterocycles. The Morgan fingerprint density at radius 1 is 1.18 bits per heavy atom. The molecular weight excluding hydrogens is 371 g/mol. The van der Waals surface area contributed by atoms with Gasteiger partial charge >= 0.3 is 6.18 Å². The fourth-order valence-corrected chi connectivity index (χ4v) is 3.41. The van der Waals surface area contributed by atoms with Gasteiger partial charge in [0.05, 0.1) is 11.3 Å². The molecule has 1 aliphatic heterocycles. The van der Waals surface area contributed by atoms with Crippen molar-refractivity contribution in [3.8, 4) is 0 Å². The number of benzene rings is 1. The molecule has 148 valence electrons. The SMILES string of the molecule is Cc1cc(C2CCOCC2)n2nc(NCc3cccc(C(F)(F)F)c3)nc2n1. The number of aryl methyl sites for hydroxylation is 1. The Hall–Kier alpha value is -2.68. The lowest BCUT2D eigenvalue weighted by atomic mass is 9.96. The highest BCUT2D eigenvalue weighted by Crippen LogP contribution is 2.30. The highest BCUT2D eigenvalue weighted by Gasteiger charge is 2.30. The van der Waals surface area contributed by atoms with Crippen LogP contribution in [0.2, 0.25) is 0 Å². The van der Waals surface area contributed by atoms with Crippen molar-refractivity contribution >= 4 is 11.7 Å². The summed E-state index contributed by atoms with van der Waals surface area (Å²) in [6.07, 6.45) is -2.55. The summed E-state index contributed by atoms with van der Waals surface area (Å²) in [6.45, 7) is 3.52. The van der Waals surface area contributed by atoms with E-state index >= 15 is 0 Å². The van der Waals surface area contributed by atoms with Crippen LogP contribution in [0.1, 0.15) is 41.3 Å². The normalized spacial score (nSPS) is 15.9. The minimum absolute atomic E-state index is 0.187. The minimum Gasteiger partial charge on any atom is -0.381 e. The molecular formula is C19H20F3N5O. The van der Waals surface area contributed by atoms with Crippen LogP contribution in [0.3, 0.4) is 0 Å². The first-order valence-corrected chi connectivity index (χ1v) is 9.12. The highest BCUT2D eigenvalue weighted by atomic mass is 19.4. The molecule has 2 aromatic heterocycles. The number of hydrogen-bond donors (Lipinski definition) is 1. The smallest absolute Gasteiger partial charge is 0.381 e. The van der Waals surface area contributed by atoms with Gasteiger partial charge in [-0.3, -0.25) is 0 Å². The Balaban J connectivity index is 1.57. The van der Waals surface area contributed by atoms with E-state index in [0.717, 1.165) is 36.4 Å². The number of halogens is 3. The van der Waals surface area contributed by atoms with E-state index in [1.165, 1.54) is 6.07 Å². The van der Waals surface area contributed by atoms with Gasteiger partial charge in [-0.2, -0.15) is 22.7 Å². The van der Waals surface area contributed by atoms with Crippen LogP contribution in [0, 0.1) is 6.92 Å². The maximum Gasteiger partial charge on any atom is 0.416 e. The molecule has 0 amide bonds. The Kier molecular flexibility index (Phi) is 4.92. The van der Waals surface area contributed by atoms with Crippen LogP contribution in [0.5, 0.6) is 0 Å². The summed E-state index contributed by atoms with van der Waals surface area (Å²) in [5.74, 6) is 1.13. The van der Waals surface area contributed by atoms with Crippen LogP contribution in [-0.2, 0) is 17.5 Å². The summed E-state index contributed by atoms with van der Waals surface area (Å²) >= 11 is 0. The van der Waals surface area contributed by atoms with Crippen molar-refractivity contribution in [1.82, 2.24) is 19.6 Å². The fraction of sp³-hybridized carbons (Fsp3) is 0.421. The molecule has 4 rings (SSSR count). The van der Waals surface area contributed by atoms with Crippen LogP contribution in [0.25, 0.3) is 5.78 Å². The van der Waals surface area contributed by atoms with Crippen molar-refractivity contribution in [2.45, 2.75) is 38.4 Å². The molecule has 9 heteroatoms. The number of nitrogens with zero attached hydrogens (tertiary/aromatic N) is 4. The standard InChI is InChI=1S/C19H20F3N5O/c1-12-9-16(14-5-7-28-8-6-14)27-18(24-12)25-17(26-27)23-11-13-3-2-4-15(10-13)19(20,21)22/h2-4,9-10,14H,5-8,11H2,1H3,(H,23,26). The van der Waals surface area contributed by atoms with E-state index in [9.17, 15) is 13.2 Å². The van der Waals surface area contributed by atoms with E-state index in [0.29, 0.717) is 36.4 Å². The van der Waals surface area contributed by atoms with Crippen LogP contribution in [0.4, 0.5) is 19.1 Å². The zero-order valence-electron chi connectivity index (χ0n) is 15.3. The fourth-order valence-electron chi connectivity index (χ4n) is 3.41. The summed E-state index contributed by atoms with van der Waals surface area (Å²) in [7, 11) is 0. The summed E-state index contributed by atoms with van der Waals surface area (Å²) in [4.78, 5) is 8.81. The van der Waals surface area contributed by atoms with E-state index in [-0.39, 0.29) is 6.54 Å². The number of nitrogens with one attached hydrogen (secondary N) is 1. The Bertz CT molecular complexity index is 979. The zero-order valence-corrected chi connectivity index (χ0v) is 15.3. The lowest BCUT2D eigenvalue weighted by molar-refractivity contribution is -0.137. The molecule has 0 atom stereocenters. The van der Waals surface area contributed by atoms with E-state index < -0.39 is 11.7 Å². The molecule has 3 aromatic rings. The van der Waals surface area contributed by atoms with Crippen molar-refractivity contribution in [2.75, 3.05) is 18.5 Å². The van der Waals surface area contributed by atoms with Gasteiger partial charge in [-0.1, -0.05) is 12.1 Å². The number of rotatable bonds is 4. The molecule has 0 radical (unpaired) electrons. The maximum absolute atomic E-state index is 12.9. The Labute approximate surface area is 159 Å². The average Bonchev–Trinajstić information content (AvgIpc) is 3.09. The number of fused-ring (bicyclic) bond motifs is 1. The third-order valence-corrected chi connectivity index (χ3v) is 4.81. The quantitative estimate of drug-likeness (QED) is 0.729. The molecule has 0 spiro atoms. The second-order valence-electron chi connectivity index (χ2n) is 6.91. The van der Waals surface area contributed by atoms with Crippen molar-refractivity contribution < 1.29 is 17.9 Å². The van der Waals surface area contributed by atoms with Gasteiger partial charge in [0.2, 0.25) is 5.95 Å². The summed E-state index contributed by atoms with van der Waals surface area (Å²) in [5, 5.41) is 7.49. The van der Waals surface area contributed by atoms with E-state index in [1.807, 2.05) is 13.0 Å². The van der Waals surface area contributed by atoms with Gasteiger partial charge in [0.1, 0.15) is 0 Å². The molecule has 28 heavy (non-hydrogen) atoms. The van der Waals surface area contributed by atoms with Gasteiger partial charge in [0, 0.05) is 31.4 Å². The first kappa shape index (κ1) is 18.7. The van der Waals surface area contributed by atoms with Crippen molar-refractivity contribution in [3.63, 3.8) is 0 Å². The second kappa shape index (κ2) is 7.38. The second-order valence-corrected chi connectivity index (χ2v) is 6.91. The number of anilines is 1. The largest absolute Gasteiger partial charge is 0.416 e. The van der Waals surface area contributed by atoms with Gasteiger partial charge in [0.25, 0.3) is 5.78 Å². The summed E-state index contributed by atoms with van der Waals surface area (Å²) < 4.78 is 45.7. The van der Waals surface area contributed by atoms with Gasteiger partial charge in [-0.05, 0) is 43.5 Å². The van der Waals surface area contributed by atoms with Crippen LogP contribution >= 0.6 is 0 Å². The minimum atomic E-state index is -4.36. The number of hydrogen-bond acceptors (Lipinski definition) is 5. The molecule has 1 aromatic carbocycles. The van der Waals surface area contributed by atoms with Gasteiger partial charge in [-0.25, -0.2) is 4.98 Å². The monoisotopic (exact) mass is 391 g/mol. The number of ether oxygens (including phenoxy) is 1. The third-order valence-electron chi connectivity index (χ3n) is 4.81. The molecule has 0 aliphatic carbocycles. The van der Waals surface area contributed by atoms with Crippen LogP contribution in [0.15, 0.2) is 30.3 Å². The molecule has 0 unspecified atom stereocenters. The third kappa shape index (κ3) is 3.94. The maximum atomic E-state index is 12.9. The molecule has 0 saturated carbocycles. The molecule has 6 nitrogen and oxygen atoms in total. The van der Waals surface area contributed by atoms with E-state index in [4.69, 9.17) is 4.74 Å². The number of aromatic nitrogens is 4. The lowest BCUT2D eigenvalue weighted by Crippen LogP contribution is -2.17. The van der Waals surface area contributed by atoms with Crippen molar-refractivity contribution in [1.29, 1.82) is 0 Å². The number of alkyl halides is 3. The molecule has 0 bridgehead atoms. The molecule has 1 N–H and O–H groups in total. The summed E-state index contributed by atoms with van der Waals surface area (Å²) in [6, 6.07) is 7.21. The van der Waals surface area contributed by atoms with E-state index in [2.05, 4.69) is 20.4 Å². The van der Waals surface area contributed by atoms with Gasteiger partial charge < -0.3 is 10.1 Å². The first-order chi connectivity index (χ1) is 13.4. The van der Waals surface area contributed by atoms with Gasteiger partial charge in [-0.15, -0.1) is 5.10 Å². The predicted molar refractivity (Wildman–Crippen MR) is 97.1 cm³/mol. The average molecular weight is 391 g/mol. The predicted octanol–water partition coefficient (Wildman–Crippen LogP) is 3.96. The van der Waals surface area contributed by atoms with Gasteiger partial charge in [0.15, 0.2) is 0 Å². The van der Waals surface area contributed by atoms with Crippen molar-refractivity contribution in [3.05, 3.63) is 52.8 Å². The van der Waals surface area contributed by atoms with Crippen LogP contribution in [-0.4, -0.2) is 32.8 Å². The molecule has 1 fully saturated rings. The first-order valence-electron chi connectivity index (χ1n) is 9.12. The van der Waals surface area contributed by atoms with Crippen LogP contribution < -0.4 is 5.32 Å². The highest BCUT2D eigenvalue weighted by molar-refractivity contribution is 5.40. The Morgan fingerprint density at radius 2 is 1.96 bits per heavy atom. The van der Waals surface area contributed by atoms with Crippen molar-refractivity contribution in [2.24, 2.45) is 0 Å². The summed E-state index contributed by atoms with van der Waals surface area (Å²) in [5.41, 5.74) is 1.72. The topological polar surface area (TPSA) is 64.3 Å². The zero-order chi connectivity index (χ0) is 19.7. The van der Waals surface area contributed by atoms with E-state index in [1.54, 1.807) is 10.6 Å². The molecule has 1 aliphatic rings.